The lowest BCUT2D eigenvalue weighted by Gasteiger charge is -2.32. The maximum atomic E-state index is 12.6. The quantitative estimate of drug-likeness (QED) is 0.173. The van der Waals surface area contributed by atoms with Gasteiger partial charge in [-0.3, -0.25) is 4.79 Å². The average molecular weight is 371 g/mol. The smallest absolute Gasteiger partial charge is 0.308 e. The number of rotatable bonds is 17. The Morgan fingerprint density at radius 2 is 1.32 bits per heavy atom. The van der Waals surface area contributed by atoms with Gasteiger partial charge in [0.1, 0.15) is 0 Å². The number of hydrogen-bond acceptors (Lipinski definition) is 2. The van der Waals surface area contributed by atoms with Gasteiger partial charge in [0.15, 0.2) is 0 Å². The molecule has 0 saturated heterocycles. The molecule has 150 valence electrons. The molecule has 0 spiro atoms. The van der Waals surface area contributed by atoms with E-state index in [0.29, 0.717) is 12.5 Å². The minimum Gasteiger partial charge on any atom is -0.466 e. The second kappa shape index (κ2) is 15.9. The molecule has 0 aromatic rings. The van der Waals surface area contributed by atoms with Crippen molar-refractivity contribution in [1.82, 2.24) is 0 Å². The Kier molecular flexibility index (Phi) is 15.7. The molecule has 2 atom stereocenters. The molecule has 0 bridgehead atoms. The van der Waals surface area contributed by atoms with Gasteiger partial charge in [-0.2, -0.15) is 0 Å². The van der Waals surface area contributed by atoms with Gasteiger partial charge in [-0.05, 0) is 18.8 Å². The van der Waals surface area contributed by atoms with Crippen molar-refractivity contribution in [3.05, 3.63) is 0 Å². The first-order valence-corrected chi connectivity index (χ1v) is 12.2. The van der Waals surface area contributed by atoms with Crippen LogP contribution in [-0.2, 0) is 9.53 Å². The molecular weight excluding hydrogens is 324 g/mol. The van der Waals surface area contributed by atoms with Crippen LogP contribution in [0.1, 0.15) is 118 Å². The average Bonchev–Trinajstić information content (AvgIpc) is 2.59. The summed E-state index contributed by atoms with van der Waals surface area (Å²) in [6, 6.07) is 0. The van der Waals surface area contributed by atoms with Crippen LogP contribution in [0.25, 0.3) is 0 Å². The monoisotopic (exact) mass is 370 g/mol. The zero-order chi connectivity index (χ0) is 19.0. The summed E-state index contributed by atoms with van der Waals surface area (Å²) in [4.78, 5) is 12.6. The molecule has 0 fully saturated rings. The summed E-state index contributed by atoms with van der Waals surface area (Å²) in [6.45, 7) is 9.50. The van der Waals surface area contributed by atoms with Gasteiger partial charge in [0.25, 0.3) is 0 Å². The maximum absolute atomic E-state index is 12.6. The van der Waals surface area contributed by atoms with Crippen molar-refractivity contribution in [2.24, 2.45) is 5.92 Å². The van der Waals surface area contributed by atoms with Crippen molar-refractivity contribution < 1.29 is 9.53 Å². The van der Waals surface area contributed by atoms with E-state index >= 15 is 0 Å². The van der Waals surface area contributed by atoms with Crippen molar-refractivity contribution >= 4 is 16.2 Å². The Labute approximate surface area is 161 Å². The zero-order valence-corrected chi connectivity index (χ0v) is 20.0. The largest absolute Gasteiger partial charge is 0.466 e. The van der Waals surface area contributed by atoms with Crippen LogP contribution in [0.4, 0.5) is 0 Å². The summed E-state index contributed by atoms with van der Waals surface area (Å²) in [5.41, 5.74) is 0. The van der Waals surface area contributed by atoms with E-state index in [1.54, 1.807) is 0 Å². The van der Waals surface area contributed by atoms with E-state index in [1.807, 2.05) is 0 Å². The SMILES string of the molecule is CCCCCCCCOC(=O)C(C)([SiH3])C(CC)CCCCCCCC. The van der Waals surface area contributed by atoms with E-state index in [2.05, 4.69) is 27.7 Å². The van der Waals surface area contributed by atoms with E-state index in [9.17, 15) is 4.79 Å². The maximum Gasteiger partial charge on any atom is 0.308 e. The number of carbonyl (C=O) groups excluding carboxylic acids is 1. The predicted octanol–water partition coefficient (Wildman–Crippen LogP) is 6.21. The van der Waals surface area contributed by atoms with E-state index in [0.717, 1.165) is 23.1 Å². The topological polar surface area (TPSA) is 26.3 Å². The van der Waals surface area contributed by atoms with Crippen molar-refractivity contribution in [1.29, 1.82) is 0 Å². The van der Waals surface area contributed by atoms with Crippen LogP contribution in [0, 0.1) is 5.92 Å². The molecule has 0 aliphatic carbocycles. The lowest BCUT2D eigenvalue weighted by atomic mass is 9.85. The van der Waals surface area contributed by atoms with E-state index < -0.39 is 0 Å². The first-order valence-electron chi connectivity index (χ1n) is 11.2. The molecule has 0 saturated carbocycles. The summed E-state index contributed by atoms with van der Waals surface area (Å²) in [5.74, 6) is 0.577. The Bertz CT molecular complexity index is 315. The molecule has 0 aromatic heterocycles. The van der Waals surface area contributed by atoms with Gasteiger partial charge < -0.3 is 4.74 Å². The molecule has 0 aromatic carbocycles. The van der Waals surface area contributed by atoms with Crippen LogP contribution in [-0.4, -0.2) is 22.8 Å². The van der Waals surface area contributed by atoms with Crippen LogP contribution in [0.5, 0.6) is 0 Å². The number of carbonyl (C=O) groups is 1. The molecule has 3 heteroatoms. The number of hydrogen-bond donors (Lipinski definition) is 0. The lowest BCUT2D eigenvalue weighted by molar-refractivity contribution is -0.148. The van der Waals surface area contributed by atoms with E-state index in [-0.39, 0.29) is 11.0 Å². The molecule has 0 rings (SSSR count). The third-order valence-electron chi connectivity index (χ3n) is 5.68. The second-order valence-electron chi connectivity index (χ2n) is 8.29. The summed E-state index contributed by atoms with van der Waals surface area (Å²) in [7, 11) is 0.891. The van der Waals surface area contributed by atoms with Crippen molar-refractivity contribution in [3.63, 3.8) is 0 Å². The highest BCUT2D eigenvalue weighted by Gasteiger charge is 2.36. The molecule has 0 amide bonds. The summed E-state index contributed by atoms with van der Waals surface area (Å²) >= 11 is 0. The van der Waals surface area contributed by atoms with Gasteiger partial charge in [0, 0.05) is 10.2 Å². The highest BCUT2D eigenvalue weighted by Crippen LogP contribution is 2.38. The highest BCUT2D eigenvalue weighted by molar-refractivity contribution is 6.26. The number of esters is 1. The molecule has 0 N–H and O–H groups in total. The number of ether oxygens (including phenoxy) is 1. The highest BCUT2D eigenvalue weighted by atomic mass is 28.1. The minimum absolute atomic E-state index is 0.0746. The van der Waals surface area contributed by atoms with Crippen LogP contribution in [0.15, 0.2) is 0 Å². The van der Waals surface area contributed by atoms with Crippen LogP contribution < -0.4 is 0 Å². The van der Waals surface area contributed by atoms with Gasteiger partial charge in [0.2, 0.25) is 0 Å². The van der Waals surface area contributed by atoms with Gasteiger partial charge in [-0.15, -0.1) is 0 Å². The normalized spacial score (nSPS) is 15.0. The Balaban J connectivity index is 4.01. The zero-order valence-electron chi connectivity index (χ0n) is 18.0. The second-order valence-corrected chi connectivity index (χ2v) is 10.4. The minimum atomic E-state index is -0.208. The van der Waals surface area contributed by atoms with Crippen molar-refractivity contribution in [2.75, 3.05) is 6.61 Å². The Hall–Kier alpha value is -0.313. The summed E-state index contributed by atoms with van der Waals surface area (Å²) in [5, 5.41) is -0.208. The third kappa shape index (κ3) is 11.8. The van der Waals surface area contributed by atoms with Gasteiger partial charge >= 0.3 is 5.97 Å². The molecule has 2 unspecified atom stereocenters. The molecule has 0 aliphatic heterocycles. The van der Waals surface area contributed by atoms with Crippen LogP contribution in [0.3, 0.4) is 0 Å². The molecular formula is C22H46O2Si. The lowest BCUT2D eigenvalue weighted by Crippen LogP contribution is -2.31. The standard InChI is InChI=1S/C22H46O2Si/c1-5-8-10-12-14-16-18-20(7-3)22(4,25)21(23)24-19-17-15-13-11-9-6-2/h20H,5-19H2,1-4,25H3. The molecule has 0 aliphatic rings. The van der Waals surface area contributed by atoms with Gasteiger partial charge in [-0.1, -0.05) is 105 Å². The molecule has 25 heavy (non-hydrogen) atoms. The predicted molar refractivity (Wildman–Crippen MR) is 114 cm³/mol. The molecule has 0 heterocycles. The number of unbranched alkanes of at least 4 members (excludes halogenated alkanes) is 10. The van der Waals surface area contributed by atoms with Crippen LogP contribution in [0.2, 0.25) is 5.04 Å². The van der Waals surface area contributed by atoms with Crippen LogP contribution >= 0.6 is 0 Å². The van der Waals surface area contributed by atoms with Crippen molar-refractivity contribution in [3.8, 4) is 0 Å². The first kappa shape index (κ1) is 24.7. The Morgan fingerprint density at radius 3 is 1.84 bits per heavy atom. The fraction of sp³-hybridized carbons (Fsp3) is 0.955. The van der Waals surface area contributed by atoms with Crippen molar-refractivity contribution in [2.45, 2.75) is 123 Å². The molecule has 0 radical (unpaired) electrons. The molecule has 2 nitrogen and oxygen atoms in total. The fourth-order valence-electron chi connectivity index (χ4n) is 3.65. The van der Waals surface area contributed by atoms with E-state index in [4.69, 9.17) is 4.74 Å². The first-order chi connectivity index (χ1) is 12.0. The summed E-state index contributed by atoms with van der Waals surface area (Å²) < 4.78 is 5.65. The van der Waals surface area contributed by atoms with Gasteiger partial charge in [-0.25, -0.2) is 0 Å². The third-order valence-corrected chi connectivity index (χ3v) is 6.90. The summed E-state index contributed by atoms with van der Waals surface area (Å²) in [6.07, 6.45) is 17.7. The fourth-order valence-corrected chi connectivity index (χ4v) is 4.49. The Morgan fingerprint density at radius 1 is 0.840 bits per heavy atom. The van der Waals surface area contributed by atoms with Gasteiger partial charge in [0.05, 0.1) is 11.6 Å². The van der Waals surface area contributed by atoms with E-state index in [1.165, 1.54) is 77.0 Å².